The summed E-state index contributed by atoms with van der Waals surface area (Å²) >= 11 is 1.56. The molecule has 0 aromatic heterocycles. The molecule has 0 saturated carbocycles. The lowest BCUT2D eigenvalue weighted by Crippen LogP contribution is -2.54. The maximum atomic E-state index is 11.6. The van der Waals surface area contributed by atoms with E-state index in [1.807, 2.05) is 6.92 Å². The number of hydrogen-bond donors (Lipinski definition) is 2. The first-order valence-electron chi connectivity index (χ1n) is 5.80. The van der Waals surface area contributed by atoms with Gasteiger partial charge in [-0.25, -0.2) is 4.79 Å². The number of carbonyl (C=O) groups excluding carboxylic acids is 1. The molecule has 0 bridgehead atoms. The molecule has 0 aromatic carbocycles. The van der Waals surface area contributed by atoms with Crippen LogP contribution in [-0.2, 0) is 14.3 Å². The Bertz CT molecular complexity index is 277. The average molecular weight is 261 g/mol. The van der Waals surface area contributed by atoms with E-state index >= 15 is 0 Å². The first-order valence-corrected chi connectivity index (χ1v) is 6.96. The summed E-state index contributed by atoms with van der Waals surface area (Å²) in [5.74, 6) is 0.0411. The Kier molecular flexibility index (Phi) is 5.77. The predicted molar refractivity (Wildman–Crippen MR) is 66.2 cm³/mol. The smallest absolute Gasteiger partial charge is 0.330 e. The molecule has 1 heterocycles. The van der Waals surface area contributed by atoms with Crippen LogP contribution in [0.2, 0.25) is 0 Å². The molecule has 1 unspecified atom stereocenters. The van der Waals surface area contributed by atoms with E-state index in [1.165, 1.54) is 0 Å². The van der Waals surface area contributed by atoms with E-state index in [0.717, 1.165) is 12.2 Å². The SMILES string of the molecule is CCCOCCC(=O)NC1(C(=O)O)CCSC1. The van der Waals surface area contributed by atoms with Gasteiger partial charge in [0.05, 0.1) is 6.61 Å². The summed E-state index contributed by atoms with van der Waals surface area (Å²) in [5.41, 5.74) is -1.06. The molecule has 0 radical (unpaired) electrons. The molecule has 5 nitrogen and oxygen atoms in total. The first-order chi connectivity index (χ1) is 8.10. The third kappa shape index (κ3) is 4.20. The first kappa shape index (κ1) is 14.3. The van der Waals surface area contributed by atoms with E-state index in [-0.39, 0.29) is 12.3 Å². The zero-order valence-corrected chi connectivity index (χ0v) is 10.8. The molecular weight excluding hydrogens is 242 g/mol. The Morgan fingerprint density at radius 3 is 2.76 bits per heavy atom. The molecule has 1 amide bonds. The lowest BCUT2D eigenvalue weighted by atomic mass is 9.99. The zero-order chi connectivity index (χ0) is 12.7. The number of aliphatic carboxylic acids is 1. The molecule has 6 heteroatoms. The Hall–Kier alpha value is -0.750. The van der Waals surface area contributed by atoms with E-state index in [1.54, 1.807) is 11.8 Å². The highest BCUT2D eigenvalue weighted by Crippen LogP contribution is 2.28. The largest absolute Gasteiger partial charge is 0.479 e. The van der Waals surface area contributed by atoms with Crippen molar-refractivity contribution in [2.24, 2.45) is 0 Å². The van der Waals surface area contributed by atoms with Crippen LogP contribution in [0.5, 0.6) is 0 Å². The third-order valence-corrected chi connectivity index (χ3v) is 3.82. The molecule has 1 saturated heterocycles. The maximum absolute atomic E-state index is 11.6. The van der Waals surface area contributed by atoms with Gasteiger partial charge in [0, 0.05) is 18.8 Å². The molecule has 0 spiro atoms. The standard InChI is InChI=1S/C11H19NO4S/c1-2-5-16-6-3-9(13)12-11(10(14)15)4-7-17-8-11/h2-8H2,1H3,(H,12,13)(H,14,15). The summed E-state index contributed by atoms with van der Waals surface area (Å²) in [7, 11) is 0. The van der Waals surface area contributed by atoms with Gasteiger partial charge in [-0.1, -0.05) is 6.92 Å². The van der Waals surface area contributed by atoms with Gasteiger partial charge >= 0.3 is 5.97 Å². The number of ether oxygens (including phenoxy) is 1. The van der Waals surface area contributed by atoms with E-state index in [0.29, 0.717) is 25.4 Å². The molecule has 1 aliphatic heterocycles. The second-order valence-electron chi connectivity index (χ2n) is 4.10. The second kappa shape index (κ2) is 6.86. The van der Waals surface area contributed by atoms with E-state index < -0.39 is 11.5 Å². The number of amides is 1. The second-order valence-corrected chi connectivity index (χ2v) is 5.21. The topological polar surface area (TPSA) is 75.6 Å². The normalized spacial score (nSPS) is 23.6. The summed E-state index contributed by atoms with van der Waals surface area (Å²) in [5, 5.41) is 11.8. The van der Waals surface area contributed by atoms with Crippen molar-refractivity contribution in [2.45, 2.75) is 31.7 Å². The minimum atomic E-state index is -1.06. The number of carbonyl (C=O) groups is 2. The maximum Gasteiger partial charge on any atom is 0.330 e. The third-order valence-electron chi connectivity index (χ3n) is 2.63. The van der Waals surface area contributed by atoms with Crippen molar-refractivity contribution in [3.8, 4) is 0 Å². The summed E-state index contributed by atoms with van der Waals surface area (Å²) in [6.07, 6.45) is 1.63. The van der Waals surface area contributed by atoms with Gasteiger partial charge in [-0.05, 0) is 18.6 Å². The Morgan fingerprint density at radius 1 is 1.47 bits per heavy atom. The zero-order valence-electron chi connectivity index (χ0n) is 10.0. The number of carboxylic acid groups (broad SMARTS) is 1. The highest BCUT2D eigenvalue weighted by molar-refractivity contribution is 7.99. The van der Waals surface area contributed by atoms with Gasteiger partial charge in [-0.2, -0.15) is 11.8 Å². The molecular formula is C11H19NO4S. The summed E-state index contributed by atoms with van der Waals surface area (Å²) in [4.78, 5) is 22.8. The van der Waals surface area contributed by atoms with Gasteiger partial charge in [-0.3, -0.25) is 4.79 Å². The summed E-state index contributed by atoms with van der Waals surface area (Å²) < 4.78 is 5.20. The fraction of sp³-hybridized carbons (Fsp3) is 0.818. The number of thioether (sulfide) groups is 1. The van der Waals surface area contributed by atoms with Crippen molar-refractivity contribution in [1.82, 2.24) is 5.32 Å². The van der Waals surface area contributed by atoms with Crippen molar-refractivity contribution in [1.29, 1.82) is 0 Å². The Labute approximate surface area is 105 Å². The van der Waals surface area contributed by atoms with E-state index in [9.17, 15) is 9.59 Å². The van der Waals surface area contributed by atoms with Crippen LogP contribution in [0, 0.1) is 0 Å². The van der Waals surface area contributed by atoms with E-state index in [4.69, 9.17) is 9.84 Å². The van der Waals surface area contributed by atoms with Crippen LogP contribution in [0.25, 0.3) is 0 Å². The fourth-order valence-electron chi connectivity index (χ4n) is 1.63. The molecule has 0 aromatic rings. The van der Waals surface area contributed by atoms with Crippen molar-refractivity contribution in [3.63, 3.8) is 0 Å². The van der Waals surface area contributed by atoms with Gasteiger partial charge in [0.25, 0.3) is 0 Å². The van der Waals surface area contributed by atoms with Gasteiger partial charge in [0.15, 0.2) is 0 Å². The number of carboxylic acids is 1. The van der Waals surface area contributed by atoms with Gasteiger partial charge in [0.1, 0.15) is 5.54 Å². The fourth-order valence-corrected chi connectivity index (χ4v) is 2.95. The Balaban J connectivity index is 2.35. The Morgan fingerprint density at radius 2 is 2.24 bits per heavy atom. The molecule has 98 valence electrons. The molecule has 1 fully saturated rings. The van der Waals surface area contributed by atoms with Gasteiger partial charge < -0.3 is 15.2 Å². The van der Waals surface area contributed by atoms with Crippen LogP contribution in [0.1, 0.15) is 26.2 Å². The van der Waals surface area contributed by atoms with Crippen molar-refractivity contribution < 1.29 is 19.4 Å². The molecule has 0 aliphatic carbocycles. The van der Waals surface area contributed by atoms with Crippen molar-refractivity contribution >= 4 is 23.6 Å². The molecule has 1 rings (SSSR count). The lowest BCUT2D eigenvalue weighted by molar-refractivity contribution is -0.146. The van der Waals surface area contributed by atoms with Crippen LogP contribution >= 0.6 is 11.8 Å². The number of hydrogen-bond acceptors (Lipinski definition) is 4. The van der Waals surface area contributed by atoms with Crippen LogP contribution in [0.4, 0.5) is 0 Å². The molecule has 1 atom stereocenters. The van der Waals surface area contributed by atoms with Crippen LogP contribution in [0.3, 0.4) is 0 Å². The summed E-state index contributed by atoms with van der Waals surface area (Å²) in [6, 6.07) is 0. The highest BCUT2D eigenvalue weighted by atomic mass is 32.2. The van der Waals surface area contributed by atoms with E-state index in [2.05, 4.69) is 5.32 Å². The minimum absolute atomic E-state index is 0.222. The van der Waals surface area contributed by atoms with Gasteiger partial charge in [-0.15, -0.1) is 0 Å². The summed E-state index contributed by atoms with van der Waals surface area (Å²) in [6.45, 7) is 2.98. The lowest BCUT2D eigenvalue weighted by Gasteiger charge is -2.24. The quantitative estimate of drug-likeness (QED) is 0.665. The van der Waals surface area contributed by atoms with Crippen LogP contribution in [0.15, 0.2) is 0 Å². The van der Waals surface area contributed by atoms with Crippen molar-refractivity contribution in [3.05, 3.63) is 0 Å². The minimum Gasteiger partial charge on any atom is -0.479 e. The number of rotatable bonds is 7. The molecule has 1 aliphatic rings. The predicted octanol–water partition coefficient (Wildman–Crippen LogP) is 0.880. The molecule has 2 N–H and O–H groups in total. The van der Waals surface area contributed by atoms with Gasteiger partial charge in [0.2, 0.25) is 5.91 Å². The number of nitrogens with one attached hydrogen (secondary N) is 1. The van der Waals surface area contributed by atoms with Crippen LogP contribution < -0.4 is 5.32 Å². The average Bonchev–Trinajstić information content (AvgIpc) is 2.74. The monoisotopic (exact) mass is 261 g/mol. The van der Waals surface area contributed by atoms with Crippen LogP contribution in [-0.4, -0.2) is 47.2 Å². The van der Waals surface area contributed by atoms with Crippen molar-refractivity contribution in [2.75, 3.05) is 24.7 Å². The molecule has 17 heavy (non-hydrogen) atoms. The highest BCUT2D eigenvalue weighted by Gasteiger charge is 2.43.